The molecule has 1 atom stereocenters. The fourth-order valence-corrected chi connectivity index (χ4v) is 2.93. The second-order valence-electron chi connectivity index (χ2n) is 3.72. The van der Waals surface area contributed by atoms with E-state index in [1.165, 1.54) is 4.88 Å². The molecule has 0 amide bonds. The van der Waals surface area contributed by atoms with Crippen molar-refractivity contribution in [3.8, 4) is 5.75 Å². The number of benzene rings is 1. The third kappa shape index (κ3) is 3.24. The Kier molecular flexibility index (Phi) is 4.46. The summed E-state index contributed by atoms with van der Waals surface area (Å²) in [5.41, 5.74) is 1.07. The van der Waals surface area contributed by atoms with Crippen molar-refractivity contribution in [1.82, 2.24) is 0 Å². The third-order valence-corrected chi connectivity index (χ3v) is 3.80. The lowest BCUT2D eigenvalue weighted by molar-refractivity contribution is 0.336. The zero-order valence-corrected chi connectivity index (χ0v) is 11.3. The Bertz CT molecular complexity index is 453. The predicted molar refractivity (Wildman–Crippen MR) is 74.2 cm³/mol. The SMILES string of the molecule is CCOc1ccccc1C(Cl)Cc1cccs1. The first-order chi connectivity index (χ1) is 8.31. The van der Waals surface area contributed by atoms with E-state index in [2.05, 4.69) is 17.5 Å². The lowest BCUT2D eigenvalue weighted by atomic mass is 10.1. The van der Waals surface area contributed by atoms with Gasteiger partial charge in [-0.2, -0.15) is 0 Å². The van der Waals surface area contributed by atoms with Crippen molar-refractivity contribution in [2.24, 2.45) is 0 Å². The highest BCUT2D eigenvalue weighted by atomic mass is 35.5. The molecule has 17 heavy (non-hydrogen) atoms. The molecule has 0 spiro atoms. The first kappa shape index (κ1) is 12.5. The fraction of sp³-hybridized carbons (Fsp3) is 0.286. The van der Waals surface area contributed by atoms with Crippen LogP contribution in [0.1, 0.15) is 22.7 Å². The quantitative estimate of drug-likeness (QED) is 0.715. The van der Waals surface area contributed by atoms with Crippen LogP contribution in [0.15, 0.2) is 41.8 Å². The Labute approximate surface area is 111 Å². The van der Waals surface area contributed by atoms with Crippen molar-refractivity contribution in [3.63, 3.8) is 0 Å². The minimum Gasteiger partial charge on any atom is -0.494 e. The van der Waals surface area contributed by atoms with Gasteiger partial charge >= 0.3 is 0 Å². The molecule has 0 N–H and O–H groups in total. The molecule has 1 aromatic carbocycles. The van der Waals surface area contributed by atoms with Gasteiger partial charge in [-0.1, -0.05) is 24.3 Å². The first-order valence-electron chi connectivity index (χ1n) is 5.69. The van der Waals surface area contributed by atoms with Crippen molar-refractivity contribution < 1.29 is 4.74 Å². The van der Waals surface area contributed by atoms with E-state index in [0.717, 1.165) is 17.7 Å². The van der Waals surface area contributed by atoms with Gasteiger partial charge in [0.05, 0.1) is 12.0 Å². The molecule has 3 heteroatoms. The number of rotatable bonds is 5. The summed E-state index contributed by atoms with van der Waals surface area (Å²) in [7, 11) is 0. The number of ether oxygens (including phenoxy) is 1. The van der Waals surface area contributed by atoms with Crippen molar-refractivity contribution in [2.45, 2.75) is 18.7 Å². The minimum absolute atomic E-state index is 0.0311. The van der Waals surface area contributed by atoms with Gasteiger partial charge in [0.25, 0.3) is 0 Å². The maximum Gasteiger partial charge on any atom is 0.123 e. The molecule has 2 aromatic rings. The molecule has 0 saturated carbocycles. The summed E-state index contributed by atoms with van der Waals surface area (Å²) in [5, 5.41) is 2.05. The van der Waals surface area contributed by atoms with Crippen LogP contribution >= 0.6 is 22.9 Å². The molecule has 0 bridgehead atoms. The molecule has 1 nitrogen and oxygen atoms in total. The van der Waals surface area contributed by atoms with E-state index in [1.807, 2.05) is 31.2 Å². The molecule has 0 fully saturated rings. The largest absolute Gasteiger partial charge is 0.494 e. The Morgan fingerprint density at radius 2 is 2.06 bits per heavy atom. The molecule has 1 unspecified atom stereocenters. The summed E-state index contributed by atoms with van der Waals surface area (Å²) in [4.78, 5) is 1.30. The second kappa shape index (κ2) is 6.08. The van der Waals surface area contributed by atoms with Crippen LogP contribution in [-0.2, 0) is 6.42 Å². The molecule has 0 aliphatic heterocycles. The van der Waals surface area contributed by atoms with Crippen LogP contribution in [0.4, 0.5) is 0 Å². The van der Waals surface area contributed by atoms with Gasteiger partial charge in [-0.05, 0) is 24.4 Å². The van der Waals surface area contributed by atoms with E-state index >= 15 is 0 Å². The number of hydrogen-bond donors (Lipinski definition) is 0. The van der Waals surface area contributed by atoms with E-state index in [0.29, 0.717) is 6.61 Å². The van der Waals surface area contributed by atoms with Gasteiger partial charge < -0.3 is 4.74 Å². The van der Waals surface area contributed by atoms with Crippen molar-refractivity contribution >= 4 is 22.9 Å². The normalized spacial score (nSPS) is 12.4. The monoisotopic (exact) mass is 266 g/mol. The number of para-hydroxylation sites is 1. The molecule has 1 aromatic heterocycles. The summed E-state index contributed by atoms with van der Waals surface area (Å²) in [6.45, 7) is 2.65. The molecular formula is C14H15ClOS. The van der Waals surface area contributed by atoms with Crippen LogP contribution in [0.5, 0.6) is 5.75 Å². The Morgan fingerprint density at radius 1 is 1.24 bits per heavy atom. The highest BCUT2D eigenvalue weighted by Gasteiger charge is 2.14. The van der Waals surface area contributed by atoms with Gasteiger partial charge in [-0.15, -0.1) is 22.9 Å². The lowest BCUT2D eigenvalue weighted by Crippen LogP contribution is -2.00. The number of alkyl halides is 1. The lowest BCUT2D eigenvalue weighted by Gasteiger charge is -2.14. The smallest absolute Gasteiger partial charge is 0.123 e. The number of halogens is 1. The molecule has 0 aliphatic carbocycles. The third-order valence-electron chi connectivity index (χ3n) is 2.52. The standard InChI is InChI=1S/C14H15ClOS/c1-2-16-14-8-4-3-7-12(14)13(15)10-11-6-5-9-17-11/h3-9,13H,2,10H2,1H3. The average molecular weight is 267 g/mol. The Hall–Kier alpha value is -0.990. The predicted octanol–water partition coefficient (Wildman–Crippen LogP) is 4.67. The van der Waals surface area contributed by atoms with Gasteiger partial charge in [0.15, 0.2) is 0 Å². The second-order valence-corrected chi connectivity index (χ2v) is 5.28. The Morgan fingerprint density at radius 3 is 2.76 bits per heavy atom. The zero-order valence-electron chi connectivity index (χ0n) is 9.73. The Balaban J connectivity index is 2.15. The van der Waals surface area contributed by atoms with E-state index in [9.17, 15) is 0 Å². The van der Waals surface area contributed by atoms with Crippen molar-refractivity contribution in [2.75, 3.05) is 6.61 Å². The van der Waals surface area contributed by atoms with Crippen LogP contribution < -0.4 is 4.74 Å². The number of thiophene rings is 1. The molecule has 0 radical (unpaired) electrons. The van der Waals surface area contributed by atoms with Gasteiger partial charge in [-0.25, -0.2) is 0 Å². The van der Waals surface area contributed by atoms with Crippen LogP contribution in [0, 0.1) is 0 Å². The zero-order chi connectivity index (χ0) is 12.1. The van der Waals surface area contributed by atoms with E-state index in [1.54, 1.807) is 11.3 Å². The molecule has 0 saturated heterocycles. The van der Waals surface area contributed by atoms with Crippen LogP contribution in [-0.4, -0.2) is 6.61 Å². The summed E-state index contributed by atoms with van der Waals surface area (Å²) >= 11 is 8.21. The summed E-state index contributed by atoms with van der Waals surface area (Å²) in [6.07, 6.45) is 0.851. The highest BCUT2D eigenvalue weighted by Crippen LogP contribution is 2.33. The average Bonchev–Trinajstić information content (AvgIpc) is 2.83. The fourth-order valence-electron chi connectivity index (χ4n) is 1.74. The molecule has 2 rings (SSSR count). The van der Waals surface area contributed by atoms with E-state index in [4.69, 9.17) is 16.3 Å². The van der Waals surface area contributed by atoms with Crippen LogP contribution in [0.3, 0.4) is 0 Å². The molecular weight excluding hydrogens is 252 g/mol. The van der Waals surface area contributed by atoms with Gasteiger partial charge in [0.1, 0.15) is 5.75 Å². The maximum absolute atomic E-state index is 6.47. The highest BCUT2D eigenvalue weighted by molar-refractivity contribution is 7.09. The van der Waals surface area contributed by atoms with Gasteiger partial charge in [0, 0.05) is 16.9 Å². The summed E-state index contributed by atoms with van der Waals surface area (Å²) in [6, 6.07) is 12.2. The maximum atomic E-state index is 6.47. The van der Waals surface area contributed by atoms with Crippen LogP contribution in [0.25, 0.3) is 0 Å². The van der Waals surface area contributed by atoms with Crippen LogP contribution in [0.2, 0.25) is 0 Å². The number of hydrogen-bond acceptors (Lipinski definition) is 2. The molecule has 90 valence electrons. The van der Waals surface area contributed by atoms with Gasteiger partial charge in [0.2, 0.25) is 0 Å². The molecule has 1 heterocycles. The summed E-state index contributed by atoms with van der Waals surface area (Å²) < 4.78 is 5.60. The topological polar surface area (TPSA) is 9.23 Å². The van der Waals surface area contributed by atoms with E-state index in [-0.39, 0.29) is 5.38 Å². The van der Waals surface area contributed by atoms with Gasteiger partial charge in [-0.3, -0.25) is 0 Å². The van der Waals surface area contributed by atoms with Crippen molar-refractivity contribution in [1.29, 1.82) is 0 Å². The molecule has 0 aliphatic rings. The summed E-state index contributed by atoms with van der Waals surface area (Å²) in [5.74, 6) is 0.895. The minimum atomic E-state index is -0.0311. The van der Waals surface area contributed by atoms with Crippen molar-refractivity contribution in [3.05, 3.63) is 52.2 Å². The first-order valence-corrected chi connectivity index (χ1v) is 7.01. The van der Waals surface area contributed by atoms with E-state index < -0.39 is 0 Å².